The monoisotopic (exact) mass is 445 g/mol. The highest BCUT2D eigenvalue weighted by Crippen LogP contribution is 2.36. The number of aromatic nitrogens is 1. The molecule has 4 rings (SSSR count). The zero-order valence-electron chi connectivity index (χ0n) is 18.4. The lowest BCUT2D eigenvalue weighted by atomic mass is 9.83. The number of carbonyl (C=O) groups is 2. The van der Waals surface area contributed by atoms with Gasteiger partial charge in [-0.2, -0.15) is 0 Å². The number of hydrogen-bond acceptors (Lipinski definition) is 4. The zero-order chi connectivity index (χ0) is 22.5. The Labute approximate surface area is 192 Å². The van der Waals surface area contributed by atoms with Crippen LogP contribution in [0.4, 0.5) is 5.69 Å². The van der Waals surface area contributed by atoms with Crippen LogP contribution in [0.3, 0.4) is 0 Å². The molecule has 1 fully saturated rings. The summed E-state index contributed by atoms with van der Waals surface area (Å²) in [5, 5.41) is 6.12. The van der Waals surface area contributed by atoms with Crippen molar-refractivity contribution in [2.45, 2.75) is 31.6 Å². The van der Waals surface area contributed by atoms with Crippen LogP contribution in [0.5, 0.6) is 0 Å². The fourth-order valence-corrected chi connectivity index (χ4v) is 4.45. The fourth-order valence-electron chi connectivity index (χ4n) is 3.66. The topological polar surface area (TPSA) is 62.3 Å². The number of nitrogens with one attached hydrogen (secondary N) is 1. The van der Waals surface area contributed by atoms with Gasteiger partial charge in [-0.1, -0.05) is 42.8 Å². The van der Waals surface area contributed by atoms with Crippen molar-refractivity contribution in [3.05, 3.63) is 81.3 Å². The Hall–Kier alpha value is -3.25. The molecule has 1 aromatic heterocycles. The fraction of sp³-hybridized carbons (Fsp3) is 0.269. The predicted octanol–water partition coefficient (Wildman–Crippen LogP) is 5.46. The van der Waals surface area contributed by atoms with Crippen LogP contribution in [0.1, 0.15) is 57.4 Å². The Kier molecular flexibility index (Phi) is 6.81. The summed E-state index contributed by atoms with van der Waals surface area (Å²) >= 11 is 1.67. The molecule has 0 aliphatic heterocycles. The normalized spacial score (nSPS) is 13.7. The molecule has 6 heteroatoms. The molecular weight excluding hydrogens is 418 g/mol. The largest absolute Gasteiger partial charge is 0.345 e. The molecule has 32 heavy (non-hydrogen) atoms. The first-order valence-corrected chi connectivity index (χ1v) is 11.7. The molecule has 1 N–H and O–H groups in total. The molecule has 0 atom stereocenters. The van der Waals surface area contributed by atoms with Crippen molar-refractivity contribution in [2.24, 2.45) is 0 Å². The van der Waals surface area contributed by atoms with Crippen LogP contribution < -0.4 is 5.32 Å². The van der Waals surface area contributed by atoms with E-state index < -0.39 is 0 Å². The Morgan fingerprint density at radius 2 is 1.94 bits per heavy atom. The number of thiazole rings is 1. The number of nitrogens with zero attached hydrogens (tertiary/aromatic N) is 2. The Morgan fingerprint density at radius 3 is 2.69 bits per heavy atom. The van der Waals surface area contributed by atoms with E-state index in [0.29, 0.717) is 17.0 Å². The highest BCUT2D eigenvalue weighted by molar-refractivity contribution is 7.10. The average Bonchev–Trinajstić information content (AvgIpc) is 3.19. The summed E-state index contributed by atoms with van der Waals surface area (Å²) < 4.78 is 0. The third-order valence-electron chi connectivity index (χ3n) is 5.66. The van der Waals surface area contributed by atoms with E-state index in [1.807, 2.05) is 54.6 Å². The van der Waals surface area contributed by atoms with Gasteiger partial charge < -0.3 is 10.2 Å². The van der Waals surface area contributed by atoms with Crippen LogP contribution in [-0.2, 0) is 11.2 Å². The summed E-state index contributed by atoms with van der Waals surface area (Å²) in [5.41, 5.74) is 4.20. The second-order valence-electron chi connectivity index (χ2n) is 8.28. The maximum atomic E-state index is 12.7. The Bertz CT molecular complexity index is 1150. The van der Waals surface area contributed by atoms with Gasteiger partial charge in [0.05, 0.1) is 12.1 Å². The summed E-state index contributed by atoms with van der Waals surface area (Å²) in [7, 11) is 3.41. The summed E-state index contributed by atoms with van der Waals surface area (Å²) in [4.78, 5) is 31.3. The molecule has 3 aromatic rings. The average molecular weight is 446 g/mol. The summed E-state index contributed by atoms with van der Waals surface area (Å²) in [6.07, 6.45) is 7.99. The maximum absolute atomic E-state index is 12.7. The number of carbonyl (C=O) groups excluding carboxylic acids is 2. The molecule has 0 bridgehead atoms. The van der Waals surface area contributed by atoms with Gasteiger partial charge in [-0.3, -0.25) is 9.59 Å². The van der Waals surface area contributed by atoms with Crippen LogP contribution in [0.15, 0.2) is 53.9 Å². The SMILES string of the molecule is CN(C)C(=O)c1ccccc1CC(=O)Nc1cccc(/C=C/c2nc(C3CCC3)cs2)c1. The van der Waals surface area contributed by atoms with E-state index in [1.165, 1.54) is 29.9 Å². The van der Waals surface area contributed by atoms with E-state index in [4.69, 9.17) is 4.98 Å². The standard InChI is InChI=1S/C26H27N3O2S/c1-29(2)26(31)22-12-4-3-8-20(22)16-24(30)27-21-11-5-7-18(15-21)13-14-25-28-23(17-32-25)19-9-6-10-19/h3-5,7-8,11-15,17,19H,6,9-10,16H2,1-2H3,(H,27,30)/b14-13+. The van der Waals surface area contributed by atoms with Crippen molar-refractivity contribution >= 4 is 41.0 Å². The van der Waals surface area contributed by atoms with Gasteiger partial charge >= 0.3 is 0 Å². The Balaban J connectivity index is 1.40. The molecule has 2 amide bonds. The lowest BCUT2D eigenvalue weighted by Gasteiger charge is -2.22. The minimum Gasteiger partial charge on any atom is -0.345 e. The lowest BCUT2D eigenvalue weighted by molar-refractivity contribution is -0.115. The highest BCUT2D eigenvalue weighted by Gasteiger charge is 2.21. The van der Waals surface area contributed by atoms with Gasteiger partial charge in [-0.25, -0.2) is 4.98 Å². The molecule has 2 aromatic carbocycles. The van der Waals surface area contributed by atoms with Gasteiger partial charge in [-0.15, -0.1) is 11.3 Å². The summed E-state index contributed by atoms with van der Waals surface area (Å²) in [5.74, 6) is 0.378. The van der Waals surface area contributed by atoms with Crippen molar-refractivity contribution < 1.29 is 9.59 Å². The smallest absolute Gasteiger partial charge is 0.253 e. The van der Waals surface area contributed by atoms with Gasteiger partial charge in [0, 0.05) is 36.6 Å². The van der Waals surface area contributed by atoms with Gasteiger partial charge in [0.1, 0.15) is 5.01 Å². The molecule has 0 radical (unpaired) electrons. The van der Waals surface area contributed by atoms with Gasteiger partial charge in [-0.05, 0) is 48.2 Å². The first kappa shape index (κ1) is 22.0. The molecule has 1 heterocycles. The van der Waals surface area contributed by atoms with E-state index in [0.717, 1.165) is 16.3 Å². The van der Waals surface area contributed by atoms with Crippen molar-refractivity contribution in [1.29, 1.82) is 0 Å². The number of rotatable bonds is 7. The van der Waals surface area contributed by atoms with E-state index >= 15 is 0 Å². The van der Waals surface area contributed by atoms with Crippen LogP contribution in [0.2, 0.25) is 0 Å². The number of amides is 2. The predicted molar refractivity (Wildman–Crippen MR) is 131 cm³/mol. The molecular formula is C26H27N3O2S. The molecule has 1 aliphatic carbocycles. The number of anilines is 1. The maximum Gasteiger partial charge on any atom is 0.253 e. The van der Waals surface area contributed by atoms with Gasteiger partial charge in [0.2, 0.25) is 5.91 Å². The van der Waals surface area contributed by atoms with Crippen LogP contribution >= 0.6 is 11.3 Å². The minimum atomic E-state index is -0.157. The van der Waals surface area contributed by atoms with Gasteiger partial charge in [0.25, 0.3) is 5.91 Å². The Morgan fingerprint density at radius 1 is 1.12 bits per heavy atom. The second-order valence-corrected chi connectivity index (χ2v) is 9.17. The minimum absolute atomic E-state index is 0.108. The first-order valence-electron chi connectivity index (χ1n) is 10.8. The number of benzene rings is 2. The van der Waals surface area contributed by atoms with Crippen LogP contribution in [0.25, 0.3) is 12.2 Å². The summed E-state index contributed by atoms with van der Waals surface area (Å²) in [6.45, 7) is 0. The molecule has 1 saturated carbocycles. The first-order chi connectivity index (χ1) is 15.5. The van der Waals surface area contributed by atoms with Crippen molar-refractivity contribution in [3.63, 3.8) is 0 Å². The van der Waals surface area contributed by atoms with Crippen LogP contribution in [-0.4, -0.2) is 35.8 Å². The van der Waals surface area contributed by atoms with Crippen molar-refractivity contribution in [1.82, 2.24) is 9.88 Å². The molecule has 1 aliphatic rings. The summed E-state index contributed by atoms with van der Waals surface area (Å²) in [6, 6.07) is 14.9. The molecule has 0 saturated heterocycles. The molecule has 0 unspecified atom stereocenters. The molecule has 164 valence electrons. The van der Waals surface area contributed by atoms with Crippen molar-refractivity contribution in [2.75, 3.05) is 19.4 Å². The van der Waals surface area contributed by atoms with E-state index in [-0.39, 0.29) is 18.2 Å². The lowest BCUT2D eigenvalue weighted by Crippen LogP contribution is -2.24. The molecule has 5 nitrogen and oxygen atoms in total. The van der Waals surface area contributed by atoms with Gasteiger partial charge in [0.15, 0.2) is 0 Å². The van der Waals surface area contributed by atoms with Crippen LogP contribution in [0, 0.1) is 0 Å². The second kappa shape index (κ2) is 9.92. The molecule has 0 spiro atoms. The van der Waals surface area contributed by atoms with E-state index in [2.05, 4.69) is 10.7 Å². The highest BCUT2D eigenvalue weighted by atomic mass is 32.1. The third kappa shape index (κ3) is 5.32. The third-order valence-corrected chi connectivity index (χ3v) is 6.49. The van der Waals surface area contributed by atoms with E-state index in [1.54, 1.807) is 31.5 Å². The number of hydrogen-bond donors (Lipinski definition) is 1. The van der Waals surface area contributed by atoms with Crippen molar-refractivity contribution in [3.8, 4) is 0 Å². The zero-order valence-corrected chi connectivity index (χ0v) is 19.2. The quantitative estimate of drug-likeness (QED) is 0.525. The van der Waals surface area contributed by atoms with E-state index in [9.17, 15) is 9.59 Å².